The maximum Gasteiger partial charge on any atom is 0.230 e. The quantitative estimate of drug-likeness (QED) is 0.323. The molecule has 1 N–H and O–H groups in total. The van der Waals surface area contributed by atoms with E-state index >= 15 is 0 Å². The fraction of sp³-hybridized carbons (Fsp3) is 0.200. The first-order chi connectivity index (χ1) is 16.5. The third-order valence-electron chi connectivity index (χ3n) is 5.02. The number of methoxy groups -OCH3 is 1. The molecule has 9 heteroatoms. The van der Waals surface area contributed by atoms with Crippen molar-refractivity contribution in [2.75, 3.05) is 19.4 Å². The zero-order chi connectivity index (χ0) is 23.9. The molecule has 0 bridgehead atoms. The van der Waals surface area contributed by atoms with Crippen molar-refractivity contribution in [2.45, 2.75) is 18.4 Å². The number of thioether (sulfide) groups is 1. The molecule has 0 aliphatic carbocycles. The minimum atomic E-state index is -0.277. The minimum absolute atomic E-state index is 0.0620. The Kier molecular flexibility index (Phi) is 7.87. The molecule has 2 heterocycles. The highest BCUT2D eigenvalue weighted by Gasteiger charge is 2.14. The van der Waals surface area contributed by atoms with Crippen molar-refractivity contribution >= 4 is 29.0 Å². The van der Waals surface area contributed by atoms with Crippen LogP contribution in [0.1, 0.15) is 11.3 Å². The summed E-state index contributed by atoms with van der Waals surface area (Å²) in [6.07, 6.45) is 0.697. The van der Waals surface area contributed by atoms with Crippen molar-refractivity contribution in [1.29, 1.82) is 0 Å². The van der Waals surface area contributed by atoms with E-state index in [-0.39, 0.29) is 17.5 Å². The van der Waals surface area contributed by atoms with Gasteiger partial charge in [0.25, 0.3) is 0 Å². The van der Waals surface area contributed by atoms with E-state index in [1.54, 1.807) is 19.2 Å². The van der Waals surface area contributed by atoms with Gasteiger partial charge in [-0.3, -0.25) is 4.79 Å². The highest BCUT2D eigenvalue weighted by Crippen LogP contribution is 2.34. The monoisotopic (exact) mass is 494 g/mol. The molecular formula is C25H23FN4O2S2. The van der Waals surface area contributed by atoms with E-state index in [2.05, 4.69) is 20.5 Å². The molecule has 174 valence electrons. The topological polar surface area (TPSA) is 77.0 Å². The van der Waals surface area contributed by atoms with Crippen molar-refractivity contribution in [1.82, 2.24) is 20.5 Å². The molecule has 0 fully saturated rings. The van der Waals surface area contributed by atoms with Gasteiger partial charge in [0.2, 0.25) is 5.91 Å². The molecule has 4 aromatic rings. The zero-order valence-corrected chi connectivity index (χ0v) is 20.4. The first kappa shape index (κ1) is 23.8. The summed E-state index contributed by atoms with van der Waals surface area (Å²) in [5.74, 6) is 0.741. The average molecular weight is 495 g/mol. The minimum Gasteiger partial charge on any atom is -0.496 e. The normalized spacial score (nSPS) is 10.8. The van der Waals surface area contributed by atoms with Gasteiger partial charge in [-0.15, -0.1) is 21.5 Å². The fourth-order valence-electron chi connectivity index (χ4n) is 3.30. The van der Waals surface area contributed by atoms with Crippen LogP contribution in [0.4, 0.5) is 4.39 Å². The molecule has 2 aromatic heterocycles. The molecule has 4 rings (SSSR count). The Hall–Kier alpha value is -3.30. The van der Waals surface area contributed by atoms with Crippen LogP contribution in [-0.2, 0) is 11.2 Å². The Morgan fingerprint density at radius 1 is 1.09 bits per heavy atom. The van der Waals surface area contributed by atoms with Gasteiger partial charge >= 0.3 is 0 Å². The van der Waals surface area contributed by atoms with Gasteiger partial charge in [-0.05, 0) is 61.4 Å². The van der Waals surface area contributed by atoms with E-state index in [0.717, 1.165) is 32.5 Å². The van der Waals surface area contributed by atoms with Crippen molar-refractivity contribution in [3.05, 3.63) is 77.7 Å². The second-order valence-corrected chi connectivity index (χ2v) is 9.39. The zero-order valence-electron chi connectivity index (χ0n) is 18.7. The van der Waals surface area contributed by atoms with Crippen LogP contribution in [0.25, 0.3) is 21.1 Å². The van der Waals surface area contributed by atoms with Crippen molar-refractivity contribution in [3.63, 3.8) is 0 Å². The molecule has 0 saturated carbocycles. The molecule has 0 spiro atoms. The number of nitrogens with zero attached hydrogens (tertiary/aromatic N) is 3. The van der Waals surface area contributed by atoms with Crippen molar-refractivity contribution in [3.8, 4) is 26.9 Å². The number of hydrogen-bond acceptors (Lipinski definition) is 7. The molecule has 0 atom stereocenters. The molecule has 6 nitrogen and oxygen atoms in total. The lowest BCUT2D eigenvalue weighted by molar-refractivity contribution is -0.118. The lowest BCUT2D eigenvalue weighted by Gasteiger charge is -2.09. The average Bonchev–Trinajstić information content (AvgIpc) is 3.25. The number of halogens is 1. The van der Waals surface area contributed by atoms with E-state index in [0.29, 0.717) is 23.7 Å². The summed E-state index contributed by atoms with van der Waals surface area (Å²) in [7, 11) is 1.64. The highest BCUT2D eigenvalue weighted by molar-refractivity contribution is 7.99. The van der Waals surface area contributed by atoms with Gasteiger partial charge in [-0.1, -0.05) is 30.0 Å². The van der Waals surface area contributed by atoms with Crippen molar-refractivity contribution < 1.29 is 13.9 Å². The van der Waals surface area contributed by atoms with Gasteiger partial charge in [0, 0.05) is 12.1 Å². The first-order valence-corrected chi connectivity index (χ1v) is 12.4. The maximum absolute atomic E-state index is 13.2. The molecule has 34 heavy (non-hydrogen) atoms. The van der Waals surface area contributed by atoms with Gasteiger partial charge in [0.1, 0.15) is 27.3 Å². The van der Waals surface area contributed by atoms with Crippen LogP contribution >= 0.6 is 23.1 Å². The predicted octanol–water partition coefficient (Wildman–Crippen LogP) is 5.17. The SMILES string of the molecule is COc1ccccc1CCNC(=O)CSc1ccc(-c2sc(-c3ccc(F)cc3)nc2C)nn1. The summed E-state index contributed by atoms with van der Waals surface area (Å²) in [6, 6.07) is 17.8. The van der Waals surface area contributed by atoms with Gasteiger partial charge < -0.3 is 10.1 Å². The van der Waals surface area contributed by atoms with Gasteiger partial charge in [0.15, 0.2) is 0 Å². The second kappa shape index (κ2) is 11.2. The molecular weight excluding hydrogens is 471 g/mol. The Labute approximate surface area is 205 Å². The van der Waals surface area contributed by atoms with E-state index < -0.39 is 0 Å². The predicted molar refractivity (Wildman–Crippen MR) is 134 cm³/mol. The van der Waals surface area contributed by atoms with Gasteiger partial charge in [-0.2, -0.15) is 0 Å². The number of aryl methyl sites for hydroxylation is 1. The van der Waals surface area contributed by atoms with Crippen LogP contribution < -0.4 is 10.1 Å². The first-order valence-electron chi connectivity index (χ1n) is 10.6. The molecule has 2 aromatic carbocycles. The maximum atomic E-state index is 13.2. The Balaban J connectivity index is 1.30. The summed E-state index contributed by atoms with van der Waals surface area (Å²) in [5.41, 5.74) is 3.47. The number of nitrogens with one attached hydrogen (secondary N) is 1. The summed E-state index contributed by atoms with van der Waals surface area (Å²) in [4.78, 5) is 17.7. The van der Waals surface area contributed by atoms with E-state index in [4.69, 9.17) is 4.74 Å². The number of para-hydroxylation sites is 1. The Bertz CT molecular complexity index is 1260. The molecule has 0 aliphatic heterocycles. The van der Waals surface area contributed by atoms with Crippen LogP contribution in [0.15, 0.2) is 65.7 Å². The third kappa shape index (κ3) is 5.98. The molecule has 0 saturated heterocycles. The number of ether oxygens (including phenoxy) is 1. The second-order valence-electron chi connectivity index (χ2n) is 7.40. The number of carbonyl (C=O) groups excluding carboxylic acids is 1. The summed E-state index contributed by atoms with van der Waals surface area (Å²) >= 11 is 2.83. The Morgan fingerprint density at radius 2 is 1.88 bits per heavy atom. The molecule has 0 aliphatic rings. The van der Waals surface area contributed by atoms with Crippen LogP contribution in [0.3, 0.4) is 0 Å². The van der Waals surface area contributed by atoms with Gasteiger partial charge in [0.05, 0.1) is 23.4 Å². The highest BCUT2D eigenvalue weighted by atomic mass is 32.2. The number of benzene rings is 2. The molecule has 0 unspecified atom stereocenters. The van der Waals surface area contributed by atoms with Crippen LogP contribution in [0, 0.1) is 12.7 Å². The standard InChI is InChI=1S/C25H23FN4O2S2/c1-16-24(34-25(28-16)18-7-9-19(26)10-8-18)20-11-12-23(30-29-20)33-15-22(31)27-14-13-17-5-3-4-6-21(17)32-2/h3-12H,13-15H2,1-2H3,(H,27,31). The lowest BCUT2D eigenvalue weighted by atomic mass is 10.1. The van der Waals surface area contributed by atoms with E-state index in [1.807, 2.05) is 43.3 Å². The number of amides is 1. The van der Waals surface area contributed by atoms with Crippen LogP contribution in [0.5, 0.6) is 5.75 Å². The number of thiazole rings is 1. The van der Waals surface area contributed by atoms with Crippen LogP contribution in [-0.4, -0.2) is 40.5 Å². The summed E-state index contributed by atoms with van der Waals surface area (Å²) in [6.45, 7) is 2.45. The van der Waals surface area contributed by atoms with Crippen LogP contribution in [0.2, 0.25) is 0 Å². The molecule has 0 radical (unpaired) electrons. The largest absolute Gasteiger partial charge is 0.496 e. The molecule has 1 amide bonds. The van der Waals surface area contributed by atoms with E-state index in [1.165, 1.54) is 35.2 Å². The van der Waals surface area contributed by atoms with E-state index in [9.17, 15) is 9.18 Å². The smallest absolute Gasteiger partial charge is 0.230 e. The fourth-order valence-corrected chi connectivity index (χ4v) is 4.99. The van der Waals surface area contributed by atoms with Crippen molar-refractivity contribution in [2.24, 2.45) is 0 Å². The number of hydrogen-bond donors (Lipinski definition) is 1. The van der Waals surface area contributed by atoms with Gasteiger partial charge in [-0.25, -0.2) is 9.37 Å². The third-order valence-corrected chi connectivity index (χ3v) is 7.17. The number of carbonyl (C=O) groups is 1. The Morgan fingerprint density at radius 3 is 2.62 bits per heavy atom. The lowest BCUT2D eigenvalue weighted by Crippen LogP contribution is -2.27. The summed E-state index contributed by atoms with van der Waals surface area (Å²) in [5, 5.41) is 13.0. The number of rotatable bonds is 9. The number of aromatic nitrogens is 3. The summed E-state index contributed by atoms with van der Waals surface area (Å²) < 4.78 is 18.5.